The lowest BCUT2D eigenvalue weighted by molar-refractivity contribution is -0.385. The predicted octanol–water partition coefficient (Wildman–Crippen LogP) is 4.23. The van der Waals surface area contributed by atoms with Gasteiger partial charge in [-0.1, -0.05) is 43.0 Å². The van der Waals surface area contributed by atoms with Gasteiger partial charge in [-0.3, -0.25) is 24.4 Å². The standard InChI is InChI=1S/C22H26N6O3S/c1-5-18(26(3)4)21-24-25-22(27(21)17-9-7-6-8-10-17)32-14-20(29)23-16-12-11-15(2)19(13-16)28(30)31/h6-13,18H,5,14H2,1-4H3,(H,23,29). The first-order valence-corrected chi connectivity index (χ1v) is 11.1. The van der Waals surface area contributed by atoms with Crippen LogP contribution in [0.25, 0.3) is 5.69 Å². The monoisotopic (exact) mass is 454 g/mol. The normalized spacial score (nSPS) is 12.0. The number of nitro groups is 1. The summed E-state index contributed by atoms with van der Waals surface area (Å²) in [7, 11) is 4.00. The van der Waals surface area contributed by atoms with E-state index in [0.717, 1.165) is 17.9 Å². The molecule has 1 unspecified atom stereocenters. The molecule has 3 rings (SSSR count). The number of hydrogen-bond acceptors (Lipinski definition) is 7. The number of nitro benzene ring substituents is 1. The number of hydrogen-bond donors (Lipinski definition) is 1. The number of rotatable bonds is 9. The Labute approximate surface area is 191 Å². The number of aromatic nitrogens is 3. The highest BCUT2D eigenvalue weighted by Gasteiger charge is 2.23. The Morgan fingerprint density at radius 1 is 1.22 bits per heavy atom. The van der Waals surface area contributed by atoms with Crippen molar-refractivity contribution in [1.29, 1.82) is 0 Å². The van der Waals surface area contributed by atoms with E-state index < -0.39 is 4.92 Å². The molecular formula is C22H26N6O3S. The summed E-state index contributed by atoms with van der Waals surface area (Å²) < 4.78 is 1.98. The van der Waals surface area contributed by atoms with Crippen molar-refractivity contribution in [3.05, 3.63) is 70.0 Å². The molecule has 1 heterocycles. The quantitative estimate of drug-likeness (QED) is 0.293. The Kier molecular flexibility index (Phi) is 7.60. The fourth-order valence-corrected chi connectivity index (χ4v) is 4.16. The zero-order chi connectivity index (χ0) is 23.3. The largest absolute Gasteiger partial charge is 0.325 e. The number of para-hydroxylation sites is 1. The lowest BCUT2D eigenvalue weighted by Crippen LogP contribution is -2.23. The van der Waals surface area contributed by atoms with E-state index in [9.17, 15) is 14.9 Å². The van der Waals surface area contributed by atoms with Crippen LogP contribution in [-0.4, -0.2) is 50.3 Å². The van der Waals surface area contributed by atoms with Crippen LogP contribution in [0.2, 0.25) is 0 Å². The molecule has 2 aromatic carbocycles. The van der Waals surface area contributed by atoms with Gasteiger partial charge in [-0.05, 0) is 45.6 Å². The number of aryl methyl sites for hydroxylation is 1. The molecule has 1 aromatic heterocycles. The Morgan fingerprint density at radius 3 is 2.56 bits per heavy atom. The summed E-state index contributed by atoms with van der Waals surface area (Å²) in [6.07, 6.45) is 0.856. The van der Waals surface area contributed by atoms with E-state index in [2.05, 4.69) is 27.3 Å². The van der Waals surface area contributed by atoms with Gasteiger partial charge in [0.15, 0.2) is 11.0 Å². The van der Waals surface area contributed by atoms with Gasteiger partial charge in [0.1, 0.15) is 0 Å². The van der Waals surface area contributed by atoms with E-state index >= 15 is 0 Å². The van der Waals surface area contributed by atoms with Crippen molar-refractivity contribution in [2.45, 2.75) is 31.5 Å². The van der Waals surface area contributed by atoms with Crippen LogP contribution in [0.4, 0.5) is 11.4 Å². The van der Waals surface area contributed by atoms with Gasteiger partial charge >= 0.3 is 0 Å². The molecule has 9 nitrogen and oxygen atoms in total. The fourth-order valence-electron chi connectivity index (χ4n) is 3.40. The smallest absolute Gasteiger partial charge is 0.274 e. The highest BCUT2D eigenvalue weighted by atomic mass is 32.2. The summed E-state index contributed by atoms with van der Waals surface area (Å²) in [5, 5.41) is 23.3. The second-order valence-corrected chi connectivity index (χ2v) is 8.44. The minimum absolute atomic E-state index is 0.0294. The van der Waals surface area contributed by atoms with Crippen molar-refractivity contribution in [1.82, 2.24) is 19.7 Å². The molecule has 0 spiro atoms. The van der Waals surface area contributed by atoms with Crippen molar-refractivity contribution in [3.63, 3.8) is 0 Å². The van der Waals surface area contributed by atoms with E-state index in [0.29, 0.717) is 16.4 Å². The zero-order valence-corrected chi connectivity index (χ0v) is 19.3. The van der Waals surface area contributed by atoms with Crippen molar-refractivity contribution < 1.29 is 9.72 Å². The predicted molar refractivity (Wildman–Crippen MR) is 125 cm³/mol. The molecule has 10 heteroatoms. The highest BCUT2D eigenvalue weighted by Crippen LogP contribution is 2.29. The number of benzene rings is 2. The van der Waals surface area contributed by atoms with Crippen molar-refractivity contribution in [2.24, 2.45) is 0 Å². The van der Waals surface area contributed by atoms with Crippen LogP contribution in [0.5, 0.6) is 0 Å². The van der Waals surface area contributed by atoms with E-state index in [1.165, 1.54) is 17.8 Å². The minimum atomic E-state index is -0.460. The van der Waals surface area contributed by atoms with E-state index in [4.69, 9.17) is 0 Å². The minimum Gasteiger partial charge on any atom is -0.325 e. The molecule has 0 fully saturated rings. The van der Waals surface area contributed by atoms with Gasteiger partial charge < -0.3 is 5.32 Å². The molecule has 1 N–H and O–H groups in total. The molecule has 168 valence electrons. The Balaban J connectivity index is 1.80. The third-order valence-electron chi connectivity index (χ3n) is 5.00. The second kappa shape index (κ2) is 10.4. The van der Waals surface area contributed by atoms with E-state index in [-0.39, 0.29) is 23.4 Å². The first-order chi connectivity index (χ1) is 15.3. The van der Waals surface area contributed by atoms with Crippen LogP contribution in [0.3, 0.4) is 0 Å². The second-order valence-electron chi connectivity index (χ2n) is 7.49. The Hall–Kier alpha value is -3.24. The maximum Gasteiger partial charge on any atom is 0.274 e. The lowest BCUT2D eigenvalue weighted by Gasteiger charge is -2.23. The lowest BCUT2D eigenvalue weighted by atomic mass is 10.2. The van der Waals surface area contributed by atoms with Gasteiger partial charge in [-0.2, -0.15) is 0 Å². The molecule has 1 amide bonds. The maximum atomic E-state index is 12.5. The molecule has 0 saturated heterocycles. The fraction of sp³-hybridized carbons (Fsp3) is 0.318. The molecule has 1 atom stereocenters. The van der Waals surface area contributed by atoms with Gasteiger partial charge in [0.2, 0.25) is 5.91 Å². The van der Waals surface area contributed by atoms with Gasteiger partial charge in [-0.15, -0.1) is 10.2 Å². The summed E-state index contributed by atoms with van der Waals surface area (Å²) >= 11 is 1.27. The average molecular weight is 455 g/mol. The zero-order valence-electron chi connectivity index (χ0n) is 18.5. The number of carbonyl (C=O) groups is 1. The van der Waals surface area contributed by atoms with Crippen LogP contribution in [0, 0.1) is 17.0 Å². The number of nitrogens with zero attached hydrogens (tertiary/aromatic N) is 5. The van der Waals surface area contributed by atoms with Gasteiger partial charge in [0, 0.05) is 23.0 Å². The summed E-state index contributed by atoms with van der Waals surface area (Å²) in [4.78, 5) is 25.3. The van der Waals surface area contributed by atoms with Crippen molar-refractivity contribution in [2.75, 3.05) is 25.2 Å². The van der Waals surface area contributed by atoms with Crippen LogP contribution < -0.4 is 5.32 Å². The molecule has 3 aromatic rings. The number of carbonyl (C=O) groups excluding carboxylic acids is 1. The van der Waals surface area contributed by atoms with E-state index in [1.54, 1.807) is 19.1 Å². The molecule has 32 heavy (non-hydrogen) atoms. The third-order valence-corrected chi connectivity index (χ3v) is 5.93. The highest BCUT2D eigenvalue weighted by molar-refractivity contribution is 7.99. The number of thioether (sulfide) groups is 1. The summed E-state index contributed by atoms with van der Waals surface area (Å²) in [5.74, 6) is 0.614. The van der Waals surface area contributed by atoms with Crippen LogP contribution in [0.1, 0.15) is 30.8 Å². The summed E-state index contributed by atoms with van der Waals surface area (Å²) in [5.41, 5.74) is 1.82. The van der Waals surface area contributed by atoms with Crippen molar-refractivity contribution >= 4 is 29.0 Å². The molecular weight excluding hydrogens is 428 g/mol. The Morgan fingerprint density at radius 2 is 1.94 bits per heavy atom. The number of amides is 1. The van der Waals surface area contributed by atoms with Gasteiger partial charge in [0.25, 0.3) is 5.69 Å². The topological polar surface area (TPSA) is 106 Å². The Bertz CT molecular complexity index is 1100. The average Bonchev–Trinajstić information content (AvgIpc) is 3.18. The summed E-state index contributed by atoms with van der Waals surface area (Å²) in [6, 6.07) is 14.5. The third kappa shape index (κ3) is 5.32. The first kappa shape index (κ1) is 23.4. The molecule has 0 aliphatic carbocycles. The summed E-state index contributed by atoms with van der Waals surface area (Å²) in [6.45, 7) is 3.75. The number of anilines is 1. The maximum absolute atomic E-state index is 12.5. The van der Waals surface area contributed by atoms with Crippen LogP contribution in [-0.2, 0) is 4.79 Å². The molecule has 0 aliphatic heterocycles. The molecule has 0 aliphatic rings. The molecule has 0 radical (unpaired) electrons. The van der Waals surface area contributed by atoms with Crippen LogP contribution in [0.15, 0.2) is 53.7 Å². The molecule has 0 saturated carbocycles. The van der Waals surface area contributed by atoms with Gasteiger partial charge in [0.05, 0.1) is 16.7 Å². The van der Waals surface area contributed by atoms with E-state index in [1.807, 2.05) is 49.0 Å². The number of nitrogens with one attached hydrogen (secondary N) is 1. The SMILES string of the molecule is CCC(c1nnc(SCC(=O)Nc2ccc(C)c([N+](=O)[O-])c2)n1-c1ccccc1)N(C)C. The molecule has 0 bridgehead atoms. The van der Waals surface area contributed by atoms with Crippen molar-refractivity contribution in [3.8, 4) is 5.69 Å². The van der Waals surface area contributed by atoms with Gasteiger partial charge in [-0.25, -0.2) is 0 Å². The van der Waals surface area contributed by atoms with Crippen LogP contribution >= 0.6 is 11.8 Å². The first-order valence-electron chi connectivity index (χ1n) is 10.2.